The van der Waals surface area contributed by atoms with E-state index in [1.165, 1.54) is 79.6 Å². The second-order valence-electron chi connectivity index (χ2n) is 23.5. The van der Waals surface area contributed by atoms with Gasteiger partial charge in [0.25, 0.3) is 0 Å². The zero-order chi connectivity index (χ0) is 46.4. The molecule has 2 heterocycles. The smallest absolute Gasteiger partial charge is 0.155 e. The van der Waals surface area contributed by atoms with Crippen molar-refractivity contribution in [2.24, 2.45) is 27.6 Å². The number of fused-ring (bicyclic) bond motifs is 2. The zero-order valence-corrected chi connectivity index (χ0v) is 42.1. The summed E-state index contributed by atoms with van der Waals surface area (Å²) in [5.74, 6) is 2.46. The molecule has 0 N–H and O–H groups in total. The molecule has 3 aromatic carbocycles. The van der Waals surface area contributed by atoms with Gasteiger partial charge < -0.3 is 4.90 Å². The SMILES string of the molecule is CC(C)(C)C(=O)C1CCCN1Cc1ccccc1.CC(C)(C)C(=O)CCC1CCc2ccccc21.CC(C)(C)C(=O)CCC1Cc2ccccc2C1.CC(C)(C)CN1CCCCC1. The Morgan fingerprint density at radius 2 is 1.08 bits per heavy atom. The topological polar surface area (TPSA) is 57.7 Å². The van der Waals surface area contributed by atoms with Crippen LogP contribution in [0.4, 0.5) is 0 Å². The number of carbonyl (C=O) groups is 3. The van der Waals surface area contributed by atoms with Gasteiger partial charge in [0.1, 0.15) is 11.6 Å². The van der Waals surface area contributed by atoms with E-state index < -0.39 is 0 Å². The Morgan fingerprint density at radius 3 is 1.62 bits per heavy atom. The summed E-state index contributed by atoms with van der Waals surface area (Å²) in [7, 11) is 0. The van der Waals surface area contributed by atoms with Crippen LogP contribution in [-0.2, 0) is 40.2 Å². The van der Waals surface area contributed by atoms with Crippen molar-refractivity contribution in [3.8, 4) is 0 Å². The molecule has 7 rings (SSSR count). The second kappa shape index (κ2) is 23.7. The van der Waals surface area contributed by atoms with Gasteiger partial charge in [-0.1, -0.05) is 168 Å². The van der Waals surface area contributed by atoms with Crippen molar-refractivity contribution in [2.75, 3.05) is 26.2 Å². The number of piperidine rings is 1. The van der Waals surface area contributed by atoms with Gasteiger partial charge in [-0.15, -0.1) is 0 Å². The lowest BCUT2D eigenvalue weighted by Gasteiger charge is -2.32. The first-order valence-electron chi connectivity index (χ1n) is 24.8. The standard InChI is InChI=1S/C16H23NO.2C16H22O.C10H21N/c1-16(2,3)15(18)14-10-7-11-17(14)12-13-8-5-4-6-9-13;1-16(2,3)15(17)9-8-12-10-13-6-4-5-7-14(13)11-12;1-16(2,3)15(17)11-10-13-9-8-12-6-4-5-7-14(12)13;1-10(2,3)9-11-7-5-4-6-8-11/h4-6,8-9,14H,7,10-12H2,1-3H3;4-7,12H,8-11H2,1-3H3;4-7,13H,8-11H2,1-3H3;4-9H2,1-3H3. The molecule has 3 aromatic rings. The van der Waals surface area contributed by atoms with Crippen LogP contribution in [-0.4, -0.2) is 59.4 Å². The highest BCUT2D eigenvalue weighted by Gasteiger charge is 2.36. The molecule has 0 saturated carbocycles. The van der Waals surface area contributed by atoms with Crippen molar-refractivity contribution >= 4 is 17.3 Å². The van der Waals surface area contributed by atoms with E-state index in [9.17, 15) is 14.4 Å². The van der Waals surface area contributed by atoms with Crippen LogP contribution >= 0.6 is 0 Å². The summed E-state index contributed by atoms with van der Waals surface area (Å²) in [5.41, 5.74) is 7.13. The summed E-state index contributed by atoms with van der Waals surface area (Å²) in [5, 5.41) is 0. The number of benzene rings is 3. The third kappa shape index (κ3) is 17.8. The molecular formula is C58H88N2O3. The van der Waals surface area contributed by atoms with E-state index in [1.54, 1.807) is 0 Å². The summed E-state index contributed by atoms with van der Waals surface area (Å²) in [6, 6.07) is 27.9. The van der Waals surface area contributed by atoms with Gasteiger partial charge in [-0.3, -0.25) is 19.3 Å². The predicted molar refractivity (Wildman–Crippen MR) is 266 cm³/mol. The highest BCUT2D eigenvalue weighted by Crippen LogP contribution is 2.37. The van der Waals surface area contributed by atoms with Crippen molar-refractivity contribution in [3.63, 3.8) is 0 Å². The van der Waals surface area contributed by atoms with Gasteiger partial charge in [0.2, 0.25) is 0 Å². The molecule has 2 atom stereocenters. The van der Waals surface area contributed by atoms with Gasteiger partial charge in [0.05, 0.1) is 6.04 Å². The van der Waals surface area contributed by atoms with Gasteiger partial charge in [0.15, 0.2) is 5.78 Å². The third-order valence-electron chi connectivity index (χ3n) is 13.3. The average molecular weight is 861 g/mol. The molecule has 2 aliphatic heterocycles. The normalized spacial score (nSPS) is 19.4. The minimum Gasteiger partial charge on any atom is -0.303 e. The first-order chi connectivity index (χ1) is 29.5. The Balaban J connectivity index is 0.000000187. The third-order valence-corrected chi connectivity index (χ3v) is 13.3. The quantitative estimate of drug-likeness (QED) is 0.203. The largest absolute Gasteiger partial charge is 0.303 e. The summed E-state index contributed by atoms with van der Waals surface area (Å²) in [6.07, 6.45) is 14.7. The fourth-order valence-corrected chi connectivity index (χ4v) is 9.61. The Hall–Kier alpha value is -3.41. The minimum absolute atomic E-state index is 0.116. The number of nitrogens with zero attached hydrogens (tertiary/aromatic N) is 2. The molecule has 2 saturated heterocycles. The molecule has 0 amide bonds. The van der Waals surface area contributed by atoms with Crippen LogP contribution in [0.5, 0.6) is 0 Å². The van der Waals surface area contributed by atoms with E-state index in [-0.39, 0.29) is 22.3 Å². The molecule has 2 fully saturated rings. The number of aryl methyl sites for hydroxylation is 1. The van der Waals surface area contributed by atoms with Crippen LogP contribution in [0.1, 0.15) is 181 Å². The first-order valence-corrected chi connectivity index (χ1v) is 24.8. The first kappa shape index (κ1) is 52.2. The number of hydrogen-bond donors (Lipinski definition) is 0. The molecule has 0 radical (unpaired) electrons. The lowest BCUT2D eigenvalue weighted by Crippen LogP contribution is -2.41. The van der Waals surface area contributed by atoms with Gasteiger partial charge in [-0.05, 0) is 129 Å². The molecule has 348 valence electrons. The monoisotopic (exact) mass is 861 g/mol. The minimum atomic E-state index is -0.232. The molecular weight excluding hydrogens is 773 g/mol. The van der Waals surface area contributed by atoms with Gasteiger partial charge in [0, 0.05) is 42.2 Å². The van der Waals surface area contributed by atoms with Crippen molar-refractivity contribution in [1.82, 2.24) is 9.80 Å². The number of hydrogen-bond acceptors (Lipinski definition) is 5. The molecule has 4 aliphatic rings. The van der Waals surface area contributed by atoms with Gasteiger partial charge in [-0.25, -0.2) is 0 Å². The summed E-state index contributed by atoms with van der Waals surface area (Å²) in [4.78, 5) is 41.2. The van der Waals surface area contributed by atoms with Crippen LogP contribution in [0.25, 0.3) is 0 Å². The molecule has 63 heavy (non-hydrogen) atoms. The molecule has 0 spiro atoms. The van der Waals surface area contributed by atoms with Gasteiger partial charge >= 0.3 is 0 Å². The molecule has 2 unspecified atom stereocenters. The van der Waals surface area contributed by atoms with E-state index in [2.05, 4.69) is 103 Å². The fourth-order valence-electron chi connectivity index (χ4n) is 9.61. The number of likely N-dealkylation sites (tertiary alicyclic amines) is 2. The van der Waals surface area contributed by atoms with Crippen molar-refractivity contribution < 1.29 is 14.4 Å². The summed E-state index contributed by atoms with van der Waals surface area (Å²) < 4.78 is 0. The molecule has 5 nitrogen and oxygen atoms in total. The fraction of sp³-hybridized carbons (Fsp3) is 0.638. The lowest BCUT2D eigenvalue weighted by molar-refractivity contribution is -0.131. The molecule has 0 aromatic heterocycles. The Kier molecular flexibility index (Phi) is 19.6. The summed E-state index contributed by atoms with van der Waals surface area (Å²) >= 11 is 0. The maximum absolute atomic E-state index is 12.4. The van der Waals surface area contributed by atoms with E-state index >= 15 is 0 Å². The van der Waals surface area contributed by atoms with Crippen LogP contribution in [0, 0.1) is 27.6 Å². The maximum atomic E-state index is 12.4. The Bertz CT molecular complexity index is 1840. The number of rotatable bonds is 10. The van der Waals surface area contributed by atoms with Crippen LogP contribution in [0.15, 0.2) is 78.9 Å². The second-order valence-corrected chi connectivity index (χ2v) is 23.5. The highest BCUT2D eigenvalue weighted by atomic mass is 16.1. The Labute approximate surface area is 385 Å². The van der Waals surface area contributed by atoms with E-state index in [0.29, 0.717) is 34.6 Å². The van der Waals surface area contributed by atoms with E-state index in [4.69, 9.17) is 0 Å². The van der Waals surface area contributed by atoms with Crippen LogP contribution in [0.2, 0.25) is 0 Å². The van der Waals surface area contributed by atoms with Crippen LogP contribution < -0.4 is 0 Å². The number of Topliss-reactive ketones (excluding diaryl/α,β-unsaturated/α-hetero) is 3. The van der Waals surface area contributed by atoms with Crippen molar-refractivity contribution in [1.29, 1.82) is 0 Å². The van der Waals surface area contributed by atoms with Crippen LogP contribution in [0.3, 0.4) is 0 Å². The van der Waals surface area contributed by atoms with Crippen molar-refractivity contribution in [2.45, 2.75) is 185 Å². The lowest BCUT2D eigenvalue weighted by atomic mass is 9.85. The number of ketones is 3. The Morgan fingerprint density at radius 1 is 0.556 bits per heavy atom. The highest BCUT2D eigenvalue weighted by molar-refractivity contribution is 5.89. The number of carbonyl (C=O) groups excluding carboxylic acids is 3. The average Bonchev–Trinajstić information content (AvgIpc) is 3.97. The maximum Gasteiger partial charge on any atom is 0.155 e. The molecule has 2 aliphatic carbocycles. The van der Waals surface area contributed by atoms with Gasteiger partial charge in [-0.2, -0.15) is 0 Å². The predicted octanol–water partition coefficient (Wildman–Crippen LogP) is 13.7. The summed E-state index contributed by atoms with van der Waals surface area (Å²) in [6.45, 7) is 31.0. The molecule has 0 bridgehead atoms. The van der Waals surface area contributed by atoms with Crippen molar-refractivity contribution in [3.05, 3.63) is 107 Å². The zero-order valence-electron chi connectivity index (χ0n) is 42.1. The molecule has 5 heteroatoms. The van der Waals surface area contributed by atoms with E-state index in [1.807, 2.05) is 68.4 Å². The van der Waals surface area contributed by atoms with E-state index in [0.717, 1.165) is 64.5 Å².